The summed E-state index contributed by atoms with van der Waals surface area (Å²) in [5, 5.41) is 0. The first-order valence-corrected chi connectivity index (χ1v) is 8.00. The Kier molecular flexibility index (Phi) is 5.91. The van der Waals surface area contributed by atoms with Crippen molar-refractivity contribution in [2.75, 3.05) is 12.9 Å². The second-order valence-corrected chi connectivity index (χ2v) is 6.24. The van der Waals surface area contributed by atoms with E-state index in [-0.39, 0.29) is 6.04 Å². The van der Waals surface area contributed by atoms with E-state index in [1.807, 2.05) is 36.4 Å². The Bertz CT molecular complexity index is 548. The number of hydrogen-bond acceptors (Lipinski definition) is 4. The zero-order chi connectivity index (χ0) is 14.4. The van der Waals surface area contributed by atoms with E-state index in [0.717, 1.165) is 21.5 Å². The molecule has 0 saturated heterocycles. The van der Waals surface area contributed by atoms with Crippen LogP contribution in [0.5, 0.6) is 5.75 Å². The van der Waals surface area contributed by atoms with Gasteiger partial charge in [-0.15, -0.1) is 11.8 Å². The number of rotatable bonds is 6. The van der Waals surface area contributed by atoms with Crippen LogP contribution in [0, 0.1) is 0 Å². The lowest BCUT2D eigenvalue weighted by Gasteiger charge is -2.18. The third kappa shape index (κ3) is 3.99. The molecule has 0 bridgehead atoms. The predicted molar refractivity (Wildman–Crippen MR) is 87.9 cm³/mol. The lowest BCUT2D eigenvalue weighted by molar-refractivity contribution is 0.403. The SMILES string of the molecule is COc1ccccc1C(CSc1ccc(Br)cc1)NN. The highest BCUT2D eigenvalue weighted by molar-refractivity contribution is 9.10. The van der Waals surface area contributed by atoms with E-state index in [9.17, 15) is 0 Å². The van der Waals surface area contributed by atoms with E-state index in [0.29, 0.717) is 0 Å². The minimum absolute atomic E-state index is 0.0415. The van der Waals surface area contributed by atoms with Crippen LogP contribution in [0.2, 0.25) is 0 Å². The number of nitrogens with one attached hydrogen (secondary N) is 1. The van der Waals surface area contributed by atoms with Crippen LogP contribution >= 0.6 is 27.7 Å². The van der Waals surface area contributed by atoms with Crippen molar-refractivity contribution in [2.24, 2.45) is 5.84 Å². The number of halogens is 1. The summed E-state index contributed by atoms with van der Waals surface area (Å²) in [7, 11) is 1.67. The fourth-order valence-electron chi connectivity index (χ4n) is 1.89. The maximum absolute atomic E-state index is 5.69. The third-order valence-electron chi connectivity index (χ3n) is 2.95. The Hall–Kier alpha value is -1.01. The largest absolute Gasteiger partial charge is 0.496 e. The van der Waals surface area contributed by atoms with Crippen LogP contribution in [0.1, 0.15) is 11.6 Å². The number of ether oxygens (including phenoxy) is 1. The first-order valence-electron chi connectivity index (χ1n) is 6.22. The van der Waals surface area contributed by atoms with Crippen LogP contribution in [-0.4, -0.2) is 12.9 Å². The minimum atomic E-state index is 0.0415. The Morgan fingerprint density at radius 1 is 1.20 bits per heavy atom. The average Bonchev–Trinajstić information content (AvgIpc) is 2.50. The van der Waals surface area contributed by atoms with Gasteiger partial charge in [0.25, 0.3) is 0 Å². The molecule has 0 aliphatic rings. The van der Waals surface area contributed by atoms with Crippen molar-refractivity contribution in [3.63, 3.8) is 0 Å². The van der Waals surface area contributed by atoms with Crippen LogP contribution in [0.3, 0.4) is 0 Å². The standard InChI is InChI=1S/C15H17BrN2OS/c1-19-15-5-3-2-4-13(15)14(18-17)10-20-12-8-6-11(16)7-9-12/h2-9,14,18H,10,17H2,1H3. The number of thioether (sulfide) groups is 1. The predicted octanol–water partition coefficient (Wildman–Crippen LogP) is 3.75. The molecule has 0 saturated carbocycles. The minimum Gasteiger partial charge on any atom is -0.496 e. The number of hydrogen-bond donors (Lipinski definition) is 2. The smallest absolute Gasteiger partial charge is 0.123 e. The third-order valence-corrected chi connectivity index (χ3v) is 4.58. The molecule has 106 valence electrons. The van der Waals surface area contributed by atoms with Gasteiger partial charge in [-0.2, -0.15) is 0 Å². The second-order valence-electron chi connectivity index (χ2n) is 4.23. The maximum atomic E-state index is 5.69. The molecular formula is C15H17BrN2OS. The Morgan fingerprint density at radius 3 is 2.55 bits per heavy atom. The molecule has 0 aromatic heterocycles. The van der Waals surface area contributed by atoms with Gasteiger partial charge in [0.1, 0.15) is 5.75 Å². The van der Waals surface area contributed by atoms with Gasteiger partial charge in [-0.3, -0.25) is 11.3 Å². The molecule has 0 spiro atoms. The molecule has 20 heavy (non-hydrogen) atoms. The summed E-state index contributed by atoms with van der Waals surface area (Å²) in [6, 6.07) is 16.2. The Labute approximate surface area is 132 Å². The quantitative estimate of drug-likeness (QED) is 0.472. The lowest BCUT2D eigenvalue weighted by atomic mass is 10.1. The van der Waals surface area contributed by atoms with Crippen LogP contribution in [0.15, 0.2) is 57.9 Å². The van der Waals surface area contributed by atoms with Crippen molar-refractivity contribution in [3.8, 4) is 5.75 Å². The summed E-state index contributed by atoms with van der Waals surface area (Å²) in [6.07, 6.45) is 0. The molecule has 2 aromatic rings. The van der Waals surface area contributed by atoms with E-state index < -0.39 is 0 Å². The first-order chi connectivity index (χ1) is 9.74. The van der Waals surface area contributed by atoms with E-state index in [1.165, 1.54) is 4.90 Å². The van der Waals surface area contributed by atoms with Crippen molar-refractivity contribution in [1.29, 1.82) is 0 Å². The molecule has 3 N–H and O–H groups in total. The van der Waals surface area contributed by atoms with E-state index in [1.54, 1.807) is 18.9 Å². The van der Waals surface area contributed by atoms with Crippen LogP contribution in [0.25, 0.3) is 0 Å². The Morgan fingerprint density at radius 2 is 1.90 bits per heavy atom. The molecule has 0 radical (unpaired) electrons. The van der Waals surface area contributed by atoms with Crippen LogP contribution in [0.4, 0.5) is 0 Å². The van der Waals surface area contributed by atoms with E-state index in [4.69, 9.17) is 10.6 Å². The highest BCUT2D eigenvalue weighted by atomic mass is 79.9. The maximum Gasteiger partial charge on any atom is 0.123 e. The van der Waals surface area contributed by atoms with Gasteiger partial charge in [0, 0.05) is 20.7 Å². The van der Waals surface area contributed by atoms with Gasteiger partial charge in [-0.05, 0) is 30.3 Å². The van der Waals surface area contributed by atoms with Gasteiger partial charge in [-0.25, -0.2) is 0 Å². The average molecular weight is 353 g/mol. The molecular weight excluding hydrogens is 336 g/mol. The van der Waals surface area contributed by atoms with Crippen molar-refractivity contribution in [1.82, 2.24) is 5.43 Å². The van der Waals surface area contributed by atoms with Gasteiger partial charge in [0.15, 0.2) is 0 Å². The summed E-state index contributed by atoms with van der Waals surface area (Å²) in [6.45, 7) is 0. The van der Waals surface area contributed by atoms with E-state index >= 15 is 0 Å². The monoisotopic (exact) mass is 352 g/mol. The number of methoxy groups -OCH3 is 1. The number of benzene rings is 2. The molecule has 0 aliphatic carbocycles. The fourth-order valence-corrected chi connectivity index (χ4v) is 3.12. The molecule has 0 amide bonds. The summed E-state index contributed by atoms with van der Waals surface area (Å²) in [4.78, 5) is 1.21. The molecule has 2 aromatic carbocycles. The van der Waals surface area contributed by atoms with Gasteiger partial charge in [-0.1, -0.05) is 34.1 Å². The van der Waals surface area contributed by atoms with Crippen molar-refractivity contribution in [2.45, 2.75) is 10.9 Å². The van der Waals surface area contributed by atoms with Gasteiger partial charge in [0.2, 0.25) is 0 Å². The number of hydrazine groups is 1. The molecule has 1 atom stereocenters. The molecule has 0 fully saturated rings. The highest BCUT2D eigenvalue weighted by Crippen LogP contribution is 2.30. The lowest BCUT2D eigenvalue weighted by Crippen LogP contribution is -2.30. The molecule has 3 nitrogen and oxygen atoms in total. The van der Waals surface area contributed by atoms with Gasteiger partial charge < -0.3 is 4.74 Å². The summed E-state index contributed by atoms with van der Waals surface area (Å²) in [5.41, 5.74) is 3.94. The zero-order valence-corrected chi connectivity index (χ0v) is 13.6. The van der Waals surface area contributed by atoms with Crippen LogP contribution in [-0.2, 0) is 0 Å². The highest BCUT2D eigenvalue weighted by Gasteiger charge is 2.14. The normalized spacial score (nSPS) is 12.2. The van der Waals surface area contributed by atoms with Crippen LogP contribution < -0.4 is 16.0 Å². The number of nitrogens with two attached hydrogens (primary N) is 1. The summed E-state index contributed by atoms with van der Waals surface area (Å²) >= 11 is 5.19. The fraction of sp³-hybridized carbons (Fsp3) is 0.200. The van der Waals surface area contributed by atoms with Crippen molar-refractivity contribution < 1.29 is 4.74 Å². The topological polar surface area (TPSA) is 47.3 Å². The summed E-state index contributed by atoms with van der Waals surface area (Å²) in [5.74, 6) is 7.38. The van der Waals surface area contributed by atoms with Gasteiger partial charge >= 0.3 is 0 Å². The molecule has 2 rings (SSSR count). The second kappa shape index (κ2) is 7.69. The number of para-hydroxylation sites is 1. The zero-order valence-electron chi connectivity index (χ0n) is 11.2. The molecule has 1 unspecified atom stereocenters. The molecule has 5 heteroatoms. The first kappa shape index (κ1) is 15.4. The van der Waals surface area contributed by atoms with E-state index in [2.05, 4.69) is 33.5 Å². The molecule has 0 heterocycles. The Balaban J connectivity index is 2.07. The van der Waals surface area contributed by atoms with Gasteiger partial charge in [0.05, 0.1) is 13.2 Å². The van der Waals surface area contributed by atoms with Crippen molar-refractivity contribution in [3.05, 3.63) is 58.6 Å². The molecule has 0 aliphatic heterocycles. The summed E-state index contributed by atoms with van der Waals surface area (Å²) < 4.78 is 6.47. The van der Waals surface area contributed by atoms with Crippen molar-refractivity contribution >= 4 is 27.7 Å².